The zero-order chi connectivity index (χ0) is 24.1. The number of amides is 1. The largest absolute Gasteiger partial charge is 0.495 e. The molecule has 2 aromatic carbocycles. The topological polar surface area (TPSA) is 103 Å². The number of rotatable bonds is 8. The molecule has 2 heterocycles. The van der Waals surface area contributed by atoms with Crippen LogP contribution in [-0.2, 0) is 26.0 Å². The molecule has 0 unspecified atom stereocenters. The van der Waals surface area contributed by atoms with Gasteiger partial charge < -0.3 is 19.4 Å². The highest BCUT2D eigenvalue weighted by Crippen LogP contribution is 2.28. The summed E-state index contributed by atoms with van der Waals surface area (Å²) in [5.74, 6) is 0.0491. The van der Waals surface area contributed by atoms with Crippen LogP contribution in [0.5, 0.6) is 5.75 Å². The van der Waals surface area contributed by atoms with Gasteiger partial charge in [-0.1, -0.05) is 18.2 Å². The molecule has 10 heteroatoms. The average Bonchev–Trinajstić information content (AvgIpc) is 3.39. The lowest BCUT2D eigenvalue weighted by molar-refractivity contribution is -0.121. The van der Waals surface area contributed by atoms with Crippen LogP contribution in [-0.4, -0.2) is 61.6 Å². The number of nitrogens with zero attached hydrogens (tertiary/aromatic N) is 3. The molecule has 3 aromatic rings. The fraction of sp³-hybridized carbons (Fsp3) is 0.333. The van der Waals surface area contributed by atoms with Gasteiger partial charge in [-0.15, -0.1) is 0 Å². The number of aromatic nitrogens is 2. The normalized spacial score (nSPS) is 15.6. The second-order valence-electron chi connectivity index (χ2n) is 8.03. The van der Waals surface area contributed by atoms with Gasteiger partial charge in [0.05, 0.1) is 39.1 Å². The summed E-state index contributed by atoms with van der Waals surface area (Å²) in [7, 11) is -2.33. The summed E-state index contributed by atoms with van der Waals surface area (Å²) in [5, 5.41) is 2.98. The number of sulfonamides is 1. The zero-order valence-electron chi connectivity index (χ0n) is 19.2. The number of hydrogen-bond acceptors (Lipinski definition) is 6. The molecular formula is C24H28N4O5S. The Hall–Kier alpha value is -3.21. The molecule has 1 aliphatic rings. The van der Waals surface area contributed by atoms with E-state index in [-0.39, 0.29) is 42.1 Å². The van der Waals surface area contributed by atoms with Gasteiger partial charge >= 0.3 is 0 Å². The number of nitrogens with one attached hydrogen (secondary N) is 1. The number of imidazole rings is 1. The second kappa shape index (κ2) is 10.4. The average molecular weight is 485 g/mol. The Morgan fingerprint density at radius 2 is 1.91 bits per heavy atom. The monoisotopic (exact) mass is 484 g/mol. The van der Waals surface area contributed by atoms with E-state index in [9.17, 15) is 13.2 Å². The minimum Gasteiger partial charge on any atom is -0.495 e. The van der Waals surface area contributed by atoms with E-state index in [2.05, 4.69) is 10.3 Å². The van der Waals surface area contributed by atoms with E-state index < -0.39 is 10.0 Å². The predicted octanol–water partition coefficient (Wildman–Crippen LogP) is 2.32. The number of methoxy groups -OCH3 is 1. The van der Waals surface area contributed by atoms with Gasteiger partial charge in [-0.3, -0.25) is 4.79 Å². The molecule has 0 bridgehead atoms. The van der Waals surface area contributed by atoms with Crippen LogP contribution in [0.3, 0.4) is 0 Å². The number of morpholine rings is 1. The van der Waals surface area contributed by atoms with Crippen molar-refractivity contribution in [2.24, 2.45) is 0 Å². The molecule has 180 valence electrons. The van der Waals surface area contributed by atoms with Gasteiger partial charge in [0.2, 0.25) is 15.9 Å². The molecule has 0 spiro atoms. The predicted molar refractivity (Wildman–Crippen MR) is 126 cm³/mol. The first kappa shape index (κ1) is 23.9. The van der Waals surface area contributed by atoms with Gasteiger partial charge in [-0.05, 0) is 42.3 Å². The Morgan fingerprint density at radius 1 is 1.18 bits per heavy atom. The zero-order valence-corrected chi connectivity index (χ0v) is 20.0. The highest BCUT2D eigenvalue weighted by molar-refractivity contribution is 7.89. The Bertz CT molecular complexity index is 1220. The number of ether oxygens (including phenoxy) is 2. The highest BCUT2D eigenvalue weighted by atomic mass is 32.2. The van der Waals surface area contributed by atoms with Crippen LogP contribution in [0.4, 0.5) is 0 Å². The summed E-state index contributed by atoms with van der Waals surface area (Å²) in [4.78, 5) is 16.8. The molecular weight excluding hydrogens is 456 g/mol. The maximum atomic E-state index is 13.2. The van der Waals surface area contributed by atoms with Crippen molar-refractivity contribution in [1.29, 1.82) is 0 Å². The Kier molecular flexibility index (Phi) is 7.30. The van der Waals surface area contributed by atoms with Crippen molar-refractivity contribution in [2.75, 3.05) is 33.4 Å². The molecule has 4 rings (SSSR count). The molecule has 0 radical (unpaired) electrons. The molecule has 1 fully saturated rings. The van der Waals surface area contributed by atoms with Gasteiger partial charge in [-0.2, -0.15) is 4.31 Å². The van der Waals surface area contributed by atoms with Gasteiger partial charge in [0.1, 0.15) is 10.6 Å². The fourth-order valence-corrected chi connectivity index (χ4v) is 5.48. The molecule has 9 nitrogen and oxygen atoms in total. The number of carbonyl (C=O) groups is 1. The maximum absolute atomic E-state index is 13.2. The van der Waals surface area contributed by atoms with Crippen LogP contribution < -0.4 is 10.1 Å². The quantitative estimate of drug-likeness (QED) is 0.527. The van der Waals surface area contributed by atoms with Crippen molar-refractivity contribution in [3.63, 3.8) is 0 Å². The lowest BCUT2D eigenvalue weighted by atomic mass is 10.1. The lowest BCUT2D eigenvalue weighted by Gasteiger charge is -2.26. The Balaban J connectivity index is 1.45. The van der Waals surface area contributed by atoms with Gasteiger partial charge in [0.15, 0.2) is 0 Å². The molecule has 1 atom stereocenters. The van der Waals surface area contributed by atoms with E-state index in [1.54, 1.807) is 24.7 Å². The number of carbonyl (C=O) groups excluding carboxylic acids is 1. The first-order valence-electron chi connectivity index (χ1n) is 11.0. The van der Waals surface area contributed by atoms with Crippen molar-refractivity contribution in [3.05, 3.63) is 72.3 Å². The van der Waals surface area contributed by atoms with Crippen LogP contribution in [0.2, 0.25) is 0 Å². The summed E-state index contributed by atoms with van der Waals surface area (Å²) in [5.41, 5.74) is 2.53. The Morgan fingerprint density at radius 3 is 2.56 bits per heavy atom. The minimum absolute atomic E-state index is 0.0487. The molecule has 34 heavy (non-hydrogen) atoms. The molecule has 1 N–H and O–H groups in total. The maximum Gasteiger partial charge on any atom is 0.246 e. The van der Waals surface area contributed by atoms with Crippen LogP contribution in [0.1, 0.15) is 24.1 Å². The smallest absolute Gasteiger partial charge is 0.246 e. The minimum atomic E-state index is -3.76. The molecule has 1 aromatic heterocycles. The van der Waals surface area contributed by atoms with Crippen LogP contribution in [0, 0.1) is 0 Å². The third kappa shape index (κ3) is 5.30. The third-order valence-electron chi connectivity index (χ3n) is 5.75. The van der Waals surface area contributed by atoms with Crippen molar-refractivity contribution in [1.82, 2.24) is 19.2 Å². The summed E-state index contributed by atoms with van der Waals surface area (Å²) >= 11 is 0. The van der Waals surface area contributed by atoms with Gasteiger partial charge in [0.25, 0.3) is 0 Å². The summed E-state index contributed by atoms with van der Waals surface area (Å²) in [6.45, 7) is 3.18. The Labute approximate surface area is 199 Å². The SMILES string of the molecule is COc1ccc(CC(=O)N[C@H](C)c2ccc(-n3ccnc3)cc2)cc1S(=O)(=O)N1CCOCC1. The third-order valence-corrected chi connectivity index (χ3v) is 7.67. The lowest BCUT2D eigenvalue weighted by Crippen LogP contribution is -2.40. The standard InChI is InChI=1S/C24H28N4O5S/c1-18(20-4-6-21(7-5-20)27-10-9-25-17-27)26-24(29)16-19-3-8-22(32-2)23(15-19)34(30,31)28-11-13-33-14-12-28/h3-10,15,17-18H,11-14,16H2,1-2H3,(H,26,29)/t18-/m1/s1. The van der Waals surface area contributed by atoms with Crippen LogP contribution >= 0.6 is 0 Å². The summed E-state index contributed by atoms with van der Waals surface area (Å²) in [6.07, 6.45) is 5.35. The van der Waals surface area contributed by atoms with Crippen molar-refractivity contribution in [2.45, 2.75) is 24.3 Å². The fourth-order valence-electron chi connectivity index (χ4n) is 3.87. The van der Waals surface area contributed by atoms with Crippen molar-refractivity contribution >= 4 is 15.9 Å². The van der Waals surface area contributed by atoms with E-state index in [4.69, 9.17) is 9.47 Å². The van der Waals surface area contributed by atoms with Crippen LogP contribution in [0.25, 0.3) is 5.69 Å². The summed E-state index contributed by atoms with van der Waals surface area (Å²) in [6, 6.07) is 12.5. The second-order valence-corrected chi connectivity index (χ2v) is 9.94. The van der Waals surface area contributed by atoms with E-state index >= 15 is 0 Å². The summed E-state index contributed by atoms with van der Waals surface area (Å²) < 4.78 is 40.2. The van der Waals surface area contributed by atoms with E-state index in [1.807, 2.05) is 42.0 Å². The number of hydrogen-bond donors (Lipinski definition) is 1. The highest BCUT2D eigenvalue weighted by Gasteiger charge is 2.29. The van der Waals surface area contributed by atoms with Gasteiger partial charge in [0, 0.05) is 31.2 Å². The number of benzene rings is 2. The molecule has 1 amide bonds. The van der Waals surface area contributed by atoms with E-state index in [0.717, 1.165) is 11.3 Å². The van der Waals surface area contributed by atoms with Crippen LogP contribution in [0.15, 0.2) is 66.1 Å². The van der Waals surface area contributed by atoms with Gasteiger partial charge in [-0.25, -0.2) is 13.4 Å². The molecule has 0 saturated carbocycles. The molecule has 1 saturated heterocycles. The van der Waals surface area contributed by atoms with E-state index in [0.29, 0.717) is 18.8 Å². The molecule has 1 aliphatic heterocycles. The molecule has 0 aliphatic carbocycles. The first-order valence-corrected chi connectivity index (χ1v) is 12.4. The first-order chi connectivity index (χ1) is 16.4. The van der Waals surface area contributed by atoms with Crippen molar-refractivity contribution < 1.29 is 22.7 Å². The van der Waals surface area contributed by atoms with Crippen molar-refractivity contribution in [3.8, 4) is 11.4 Å². The van der Waals surface area contributed by atoms with E-state index in [1.165, 1.54) is 17.5 Å².